The molecule has 0 fully saturated rings. The number of sulfonamides is 1. The van der Waals surface area contributed by atoms with Gasteiger partial charge in [0.15, 0.2) is 0 Å². The van der Waals surface area contributed by atoms with E-state index < -0.39 is 15.9 Å². The number of aryl methyl sites for hydroxylation is 2. The molecule has 170 valence electrons. The number of carbonyl (C=O) groups is 1. The topological polar surface area (TPSA) is 97.8 Å². The highest BCUT2D eigenvalue weighted by atomic mass is 32.2. The van der Waals surface area contributed by atoms with E-state index in [0.29, 0.717) is 21.3 Å². The molecule has 0 aliphatic heterocycles. The van der Waals surface area contributed by atoms with Crippen molar-refractivity contribution in [3.8, 4) is 11.5 Å². The zero-order valence-corrected chi connectivity index (χ0v) is 20.1. The van der Waals surface area contributed by atoms with E-state index in [1.165, 1.54) is 50.7 Å². The first-order valence-corrected chi connectivity index (χ1v) is 11.9. The van der Waals surface area contributed by atoms with Crippen molar-refractivity contribution < 1.29 is 22.7 Å². The molecule has 0 radical (unpaired) electrons. The molecule has 2 aromatic carbocycles. The van der Waals surface area contributed by atoms with E-state index in [4.69, 9.17) is 9.47 Å². The van der Waals surface area contributed by atoms with Crippen LogP contribution in [-0.4, -0.2) is 44.8 Å². The first-order chi connectivity index (χ1) is 15.1. The van der Waals surface area contributed by atoms with Gasteiger partial charge >= 0.3 is 0 Å². The third-order valence-electron chi connectivity index (χ3n) is 4.63. The van der Waals surface area contributed by atoms with E-state index >= 15 is 0 Å². The fourth-order valence-corrected chi connectivity index (χ4v) is 4.64. The lowest BCUT2D eigenvalue weighted by Crippen LogP contribution is -2.22. The van der Waals surface area contributed by atoms with Gasteiger partial charge in [-0.1, -0.05) is 17.7 Å². The van der Waals surface area contributed by atoms with Crippen LogP contribution in [0.25, 0.3) is 0 Å². The van der Waals surface area contributed by atoms with Gasteiger partial charge < -0.3 is 14.8 Å². The van der Waals surface area contributed by atoms with E-state index in [2.05, 4.69) is 10.3 Å². The Labute approximate surface area is 191 Å². The van der Waals surface area contributed by atoms with Gasteiger partial charge in [-0.2, -0.15) is 0 Å². The Kier molecular flexibility index (Phi) is 7.17. The van der Waals surface area contributed by atoms with Gasteiger partial charge in [0, 0.05) is 14.1 Å². The van der Waals surface area contributed by atoms with Crippen LogP contribution in [0.15, 0.2) is 47.4 Å². The third-order valence-corrected chi connectivity index (χ3v) is 7.57. The zero-order valence-electron chi connectivity index (χ0n) is 18.5. The van der Waals surface area contributed by atoms with Crippen LogP contribution in [0.1, 0.15) is 25.9 Å². The summed E-state index contributed by atoms with van der Waals surface area (Å²) in [4.78, 5) is 17.8. The number of hydrogen-bond acceptors (Lipinski definition) is 7. The lowest BCUT2D eigenvalue weighted by Gasteiger charge is -2.15. The van der Waals surface area contributed by atoms with Gasteiger partial charge in [0.25, 0.3) is 5.91 Å². The summed E-state index contributed by atoms with van der Waals surface area (Å²) in [5.74, 6) is 0.665. The molecule has 3 aromatic rings. The van der Waals surface area contributed by atoms with Crippen molar-refractivity contribution in [1.82, 2.24) is 9.29 Å². The van der Waals surface area contributed by atoms with Crippen LogP contribution in [0.3, 0.4) is 0 Å². The number of carbonyl (C=O) groups excluding carboxylic acids is 1. The minimum atomic E-state index is -3.67. The van der Waals surface area contributed by atoms with Crippen LogP contribution < -0.4 is 14.8 Å². The summed E-state index contributed by atoms with van der Waals surface area (Å²) in [7, 11) is 0.669. The number of amides is 1. The van der Waals surface area contributed by atoms with E-state index in [1.54, 1.807) is 6.92 Å². The molecule has 0 bridgehead atoms. The second-order valence-electron chi connectivity index (χ2n) is 7.23. The summed E-state index contributed by atoms with van der Waals surface area (Å²) in [5, 5.41) is 3.40. The number of nitrogens with one attached hydrogen (secondary N) is 1. The summed E-state index contributed by atoms with van der Waals surface area (Å²) in [5.41, 5.74) is 1.95. The molecule has 1 N–H and O–H groups in total. The summed E-state index contributed by atoms with van der Waals surface area (Å²) >= 11 is 1.22. The van der Waals surface area contributed by atoms with Crippen LogP contribution in [0.2, 0.25) is 0 Å². The number of methoxy groups -OCH3 is 1. The molecule has 8 nitrogen and oxygen atoms in total. The smallest absolute Gasteiger partial charge is 0.267 e. The first kappa shape index (κ1) is 23.7. The summed E-state index contributed by atoms with van der Waals surface area (Å²) < 4.78 is 37.1. The number of hydrogen-bond donors (Lipinski definition) is 1. The van der Waals surface area contributed by atoms with Gasteiger partial charge in [-0.15, -0.1) is 11.3 Å². The maximum atomic E-state index is 12.9. The molecular weight excluding hydrogens is 450 g/mol. The van der Waals surface area contributed by atoms with E-state index in [1.807, 2.05) is 31.2 Å². The van der Waals surface area contributed by atoms with Gasteiger partial charge in [0.05, 0.1) is 23.4 Å². The largest absolute Gasteiger partial charge is 0.495 e. The van der Waals surface area contributed by atoms with Crippen LogP contribution >= 0.6 is 11.3 Å². The highest BCUT2D eigenvalue weighted by Crippen LogP contribution is 2.30. The van der Waals surface area contributed by atoms with Crippen molar-refractivity contribution in [1.29, 1.82) is 0 Å². The van der Waals surface area contributed by atoms with E-state index in [9.17, 15) is 13.2 Å². The second kappa shape index (κ2) is 9.68. The Bertz CT molecular complexity index is 1220. The molecule has 0 saturated heterocycles. The monoisotopic (exact) mass is 475 g/mol. The van der Waals surface area contributed by atoms with Gasteiger partial charge in [0.2, 0.25) is 10.0 Å². The quantitative estimate of drug-likeness (QED) is 0.531. The normalized spacial score (nSPS) is 11.4. The molecule has 0 spiro atoms. The van der Waals surface area contributed by atoms with Crippen LogP contribution in [0, 0.1) is 13.8 Å². The summed E-state index contributed by atoms with van der Waals surface area (Å²) in [6.07, 6.45) is 0. The Balaban J connectivity index is 1.79. The fourth-order valence-electron chi connectivity index (χ4n) is 2.84. The molecule has 1 aromatic heterocycles. The van der Waals surface area contributed by atoms with Gasteiger partial charge in [-0.05, 0) is 44.2 Å². The third kappa shape index (κ3) is 5.26. The lowest BCUT2D eigenvalue weighted by atomic mass is 10.2. The highest BCUT2D eigenvalue weighted by Gasteiger charge is 2.22. The number of aromatic nitrogens is 1. The number of ether oxygens (including phenoxy) is 2. The van der Waals surface area contributed by atoms with Crippen LogP contribution in [0.5, 0.6) is 11.5 Å². The van der Waals surface area contributed by atoms with Crippen LogP contribution in [-0.2, 0) is 16.6 Å². The van der Waals surface area contributed by atoms with Crippen molar-refractivity contribution in [2.45, 2.75) is 25.3 Å². The molecular formula is C22H25N3O5S2. The molecule has 0 atom stereocenters. The maximum absolute atomic E-state index is 12.9. The number of thiazole rings is 1. The van der Waals surface area contributed by atoms with Crippen molar-refractivity contribution in [2.75, 3.05) is 26.5 Å². The lowest BCUT2D eigenvalue weighted by molar-refractivity contribution is 0.102. The molecule has 10 heteroatoms. The molecule has 3 rings (SSSR count). The Morgan fingerprint density at radius 1 is 1.12 bits per heavy atom. The van der Waals surface area contributed by atoms with Crippen LogP contribution in [0.4, 0.5) is 5.69 Å². The summed E-state index contributed by atoms with van der Waals surface area (Å²) in [6, 6.07) is 12.0. The Morgan fingerprint density at radius 3 is 2.44 bits per heavy atom. The predicted molar refractivity (Wildman–Crippen MR) is 124 cm³/mol. The number of nitrogens with zero attached hydrogens (tertiary/aromatic N) is 2. The van der Waals surface area contributed by atoms with Gasteiger partial charge in [-0.3, -0.25) is 4.79 Å². The van der Waals surface area contributed by atoms with Crippen molar-refractivity contribution in [3.63, 3.8) is 0 Å². The molecule has 0 saturated carbocycles. The van der Waals surface area contributed by atoms with Crippen molar-refractivity contribution in [2.24, 2.45) is 0 Å². The minimum absolute atomic E-state index is 0.0480. The maximum Gasteiger partial charge on any atom is 0.267 e. The number of benzene rings is 2. The summed E-state index contributed by atoms with van der Waals surface area (Å²) in [6.45, 7) is 3.98. The molecule has 1 heterocycles. The van der Waals surface area contributed by atoms with Gasteiger partial charge in [0.1, 0.15) is 28.0 Å². The molecule has 0 aliphatic carbocycles. The van der Waals surface area contributed by atoms with Crippen molar-refractivity contribution >= 4 is 33.0 Å². The zero-order chi connectivity index (χ0) is 23.5. The Morgan fingerprint density at radius 2 is 1.81 bits per heavy atom. The average Bonchev–Trinajstić information content (AvgIpc) is 3.13. The number of rotatable bonds is 8. The van der Waals surface area contributed by atoms with Crippen molar-refractivity contribution in [3.05, 3.63) is 63.6 Å². The first-order valence-electron chi connectivity index (χ1n) is 9.69. The SMILES string of the molecule is COc1ccc(S(=O)(=O)N(C)C)cc1NC(=O)c1sc(COc2ccc(C)cc2)nc1C. The highest BCUT2D eigenvalue weighted by molar-refractivity contribution is 7.89. The fraction of sp³-hybridized carbons (Fsp3) is 0.273. The van der Waals surface area contributed by atoms with E-state index in [0.717, 1.165) is 15.6 Å². The Hall–Kier alpha value is -2.95. The average molecular weight is 476 g/mol. The molecule has 1 amide bonds. The molecule has 0 unspecified atom stereocenters. The standard InChI is InChI=1S/C22H25N3O5S2/c1-14-6-8-16(9-7-14)30-13-20-23-15(2)21(31-20)22(26)24-18-12-17(10-11-19(18)29-5)32(27,28)25(3)4/h6-12H,13H2,1-5H3,(H,24,26). The molecule has 0 aliphatic rings. The minimum Gasteiger partial charge on any atom is -0.495 e. The predicted octanol–water partition coefficient (Wildman–Crippen LogP) is 3.85. The van der Waals surface area contributed by atoms with Gasteiger partial charge in [-0.25, -0.2) is 17.7 Å². The second-order valence-corrected chi connectivity index (χ2v) is 10.5. The van der Waals surface area contributed by atoms with E-state index in [-0.39, 0.29) is 17.2 Å². The number of anilines is 1. The molecule has 32 heavy (non-hydrogen) atoms.